The number of aryl methyl sites for hydroxylation is 1. The zero-order valence-corrected chi connectivity index (χ0v) is 11.3. The first kappa shape index (κ1) is 16.3. The predicted octanol–water partition coefficient (Wildman–Crippen LogP) is 2.07. The van der Waals surface area contributed by atoms with Gasteiger partial charge < -0.3 is 5.73 Å². The van der Waals surface area contributed by atoms with Gasteiger partial charge in [-0.1, -0.05) is 42.8 Å². The number of benzene rings is 1. The van der Waals surface area contributed by atoms with Crippen LogP contribution in [0.2, 0.25) is 0 Å². The molecule has 1 aromatic rings. The molecule has 0 aromatic heterocycles. The van der Waals surface area contributed by atoms with Gasteiger partial charge in [-0.15, -0.1) is 0 Å². The summed E-state index contributed by atoms with van der Waals surface area (Å²) in [6.45, 7) is 5.28. The minimum Gasteiger partial charge on any atom is -0.313 e. The number of hydrogen-bond acceptors (Lipinski definition) is 3. The molecule has 1 aromatic carbocycles. The molecule has 0 saturated heterocycles. The highest BCUT2D eigenvalue weighted by Crippen LogP contribution is 1.95. The molecule has 4 nitrogen and oxygen atoms in total. The highest BCUT2D eigenvalue weighted by atomic mass is 16.2. The Balaban J connectivity index is 0.000000351. The van der Waals surface area contributed by atoms with Crippen LogP contribution in [0.3, 0.4) is 0 Å². The maximum absolute atomic E-state index is 11.0. The molecule has 100 valence electrons. The maximum atomic E-state index is 11.0. The molecule has 0 heterocycles. The highest BCUT2D eigenvalue weighted by molar-refractivity contribution is 5.93. The Kier molecular flexibility index (Phi) is 8.49. The Morgan fingerprint density at radius 3 is 2.06 bits per heavy atom. The van der Waals surface area contributed by atoms with Crippen LogP contribution in [0.1, 0.15) is 32.3 Å². The largest absolute Gasteiger partial charge is 0.313 e. The summed E-state index contributed by atoms with van der Waals surface area (Å²) in [4.78, 5) is 22.8. The van der Waals surface area contributed by atoms with E-state index in [0.29, 0.717) is 6.42 Å². The number of nitrogens with two attached hydrogens (primary N) is 1. The van der Waals surface area contributed by atoms with E-state index in [-0.39, 0.29) is 18.5 Å². The Hall–Kier alpha value is -1.68. The van der Waals surface area contributed by atoms with Crippen LogP contribution in [0.25, 0.3) is 0 Å². The Labute approximate surface area is 109 Å². The van der Waals surface area contributed by atoms with Crippen molar-refractivity contribution in [2.45, 2.75) is 33.6 Å². The molecule has 2 amide bonds. The molecule has 0 aliphatic carbocycles. The summed E-state index contributed by atoms with van der Waals surface area (Å²) >= 11 is 0. The molecule has 0 spiro atoms. The average Bonchev–Trinajstić information content (AvgIpc) is 2.31. The lowest BCUT2D eigenvalue weighted by atomic mass is 10.2. The molecule has 0 radical (unpaired) electrons. The molecule has 2 N–H and O–H groups in total. The van der Waals surface area contributed by atoms with Crippen molar-refractivity contribution in [3.05, 3.63) is 35.9 Å². The first-order chi connectivity index (χ1) is 8.52. The number of rotatable bonds is 3. The summed E-state index contributed by atoms with van der Waals surface area (Å²) < 4.78 is 0. The Morgan fingerprint density at radius 2 is 1.78 bits per heavy atom. The summed E-state index contributed by atoms with van der Waals surface area (Å²) in [5.41, 5.74) is 6.51. The average molecular weight is 250 g/mol. The second-order valence-electron chi connectivity index (χ2n) is 3.93. The lowest BCUT2D eigenvalue weighted by molar-refractivity contribution is -0.143. The molecule has 0 unspecified atom stereocenters. The molecular formula is C14H22N2O2. The lowest BCUT2D eigenvalue weighted by Gasteiger charge is -2.15. The van der Waals surface area contributed by atoms with E-state index in [2.05, 4.69) is 19.1 Å². The van der Waals surface area contributed by atoms with Gasteiger partial charge >= 0.3 is 0 Å². The van der Waals surface area contributed by atoms with E-state index >= 15 is 0 Å². The van der Waals surface area contributed by atoms with Crippen molar-refractivity contribution in [1.82, 2.24) is 4.90 Å². The Bertz CT molecular complexity index is 363. The summed E-state index contributed by atoms with van der Waals surface area (Å²) in [5, 5.41) is 0. The standard InChI is InChI=1S/C7H14N2O2.C7H8/c1-3-4-7(11)9(5-8)6(2)10;1-7-5-3-2-4-6-7/h3-5,8H2,1-2H3;2-6H,1H3. The molecule has 0 saturated carbocycles. The second-order valence-corrected chi connectivity index (χ2v) is 3.93. The van der Waals surface area contributed by atoms with E-state index in [0.717, 1.165) is 11.3 Å². The fraction of sp³-hybridized carbons (Fsp3) is 0.429. The topological polar surface area (TPSA) is 63.4 Å². The smallest absolute Gasteiger partial charge is 0.230 e. The third-order valence-corrected chi connectivity index (χ3v) is 2.27. The van der Waals surface area contributed by atoms with E-state index in [4.69, 9.17) is 5.73 Å². The Morgan fingerprint density at radius 1 is 1.22 bits per heavy atom. The number of imide groups is 1. The van der Waals surface area contributed by atoms with Crippen molar-refractivity contribution in [3.8, 4) is 0 Å². The molecule has 0 aliphatic rings. The van der Waals surface area contributed by atoms with E-state index in [1.54, 1.807) is 0 Å². The zero-order chi connectivity index (χ0) is 14.0. The molecule has 1 rings (SSSR count). The fourth-order valence-corrected chi connectivity index (χ4v) is 1.29. The number of carbonyl (C=O) groups excluding carboxylic acids is 2. The van der Waals surface area contributed by atoms with Gasteiger partial charge in [0, 0.05) is 13.3 Å². The number of carbonyl (C=O) groups is 2. The highest BCUT2D eigenvalue weighted by Gasteiger charge is 2.13. The van der Waals surface area contributed by atoms with Gasteiger partial charge in [-0.05, 0) is 13.3 Å². The number of nitrogens with zero attached hydrogens (tertiary/aromatic N) is 1. The first-order valence-electron chi connectivity index (χ1n) is 6.05. The molecule has 0 aliphatic heterocycles. The molecule has 0 bridgehead atoms. The van der Waals surface area contributed by atoms with E-state index in [9.17, 15) is 9.59 Å². The van der Waals surface area contributed by atoms with Crippen molar-refractivity contribution in [2.75, 3.05) is 6.67 Å². The summed E-state index contributed by atoms with van der Waals surface area (Å²) in [6, 6.07) is 10.3. The fourth-order valence-electron chi connectivity index (χ4n) is 1.29. The molecular weight excluding hydrogens is 228 g/mol. The summed E-state index contributed by atoms with van der Waals surface area (Å²) in [7, 11) is 0. The van der Waals surface area contributed by atoms with Crippen molar-refractivity contribution >= 4 is 11.8 Å². The monoisotopic (exact) mass is 250 g/mol. The van der Waals surface area contributed by atoms with Crippen LogP contribution < -0.4 is 5.73 Å². The van der Waals surface area contributed by atoms with Crippen molar-refractivity contribution in [2.24, 2.45) is 5.73 Å². The second kappa shape index (κ2) is 9.36. The minimum absolute atomic E-state index is 0.0197. The van der Waals surface area contributed by atoms with Gasteiger partial charge in [0.2, 0.25) is 11.8 Å². The van der Waals surface area contributed by atoms with E-state index < -0.39 is 0 Å². The molecule has 4 heteroatoms. The number of hydrogen-bond donors (Lipinski definition) is 1. The predicted molar refractivity (Wildman–Crippen MR) is 72.7 cm³/mol. The van der Waals surface area contributed by atoms with Crippen molar-refractivity contribution < 1.29 is 9.59 Å². The zero-order valence-electron chi connectivity index (χ0n) is 11.3. The third kappa shape index (κ3) is 6.81. The summed E-state index contributed by atoms with van der Waals surface area (Å²) in [6.07, 6.45) is 1.12. The third-order valence-electron chi connectivity index (χ3n) is 2.27. The minimum atomic E-state index is -0.286. The lowest BCUT2D eigenvalue weighted by Crippen LogP contribution is -2.39. The van der Waals surface area contributed by atoms with Crippen LogP contribution in [0, 0.1) is 6.92 Å². The number of amides is 2. The van der Waals surface area contributed by atoms with Crippen LogP contribution in [0.4, 0.5) is 0 Å². The molecule has 0 fully saturated rings. The quantitative estimate of drug-likeness (QED) is 0.835. The maximum Gasteiger partial charge on any atom is 0.230 e. The first-order valence-corrected chi connectivity index (χ1v) is 6.05. The molecule has 18 heavy (non-hydrogen) atoms. The van der Waals surface area contributed by atoms with E-state index in [1.165, 1.54) is 12.5 Å². The van der Waals surface area contributed by atoms with Gasteiger partial charge in [0.05, 0.1) is 6.67 Å². The van der Waals surface area contributed by atoms with Crippen molar-refractivity contribution in [1.29, 1.82) is 0 Å². The van der Waals surface area contributed by atoms with Crippen LogP contribution in [0.15, 0.2) is 30.3 Å². The van der Waals surface area contributed by atoms with Gasteiger partial charge in [0.15, 0.2) is 0 Å². The van der Waals surface area contributed by atoms with Gasteiger partial charge in [-0.25, -0.2) is 0 Å². The van der Waals surface area contributed by atoms with E-state index in [1.807, 2.05) is 25.1 Å². The van der Waals surface area contributed by atoms with Gasteiger partial charge in [0.25, 0.3) is 0 Å². The molecule has 0 atom stereocenters. The van der Waals surface area contributed by atoms with Gasteiger partial charge in [-0.3, -0.25) is 14.5 Å². The van der Waals surface area contributed by atoms with Crippen LogP contribution >= 0.6 is 0 Å². The summed E-state index contributed by atoms with van der Waals surface area (Å²) in [5.74, 6) is -0.478. The SMILES string of the molecule is CCCC(=O)N(CN)C(C)=O.Cc1ccccc1. The van der Waals surface area contributed by atoms with Crippen LogP contribution in [-0.4, -0.2) is 23.4 Å². The van der Waals surface area contributed by atoms with Crippen LogP contribution in [0.5, 0.6) is 0 Å². The van der Waals surface area contributed by atoms with Crippen molar-refractivity contribution in [3.63, 3.8) is 0 Å². The van der Waals surface area contributed by atoms with Crippen LogP contribution in [-0.2, 0) is 9.59 Å². The normalized spacial score (nSPS) is 9.11. The van der Waals surface area contributed by atoms with Gasteiger partial charge in [0.1, 0.15) is 0 Å². The van der Waals surface area contributed by atoms with Gasteiger partial charge in [-0.2, -0.15) is 0 Å².